The Kier molecular flexibility index (Phi) is 3.09. The molecule has 66 valence electrons. The Hall–Kier alpha value is -0.570. The summed E-state index contributed by atoms with van der Waals surface area (Å²) in [7, 11) is 1.79. The molecule has 1 rings (SSSR count). The van der Waals surface area contributed by atoms with Crippen molar-refractivity contribution in [3.8, 4) is 0 Å². The standard InChI is InChI=1S/C9H11BrFN/c1-3-6-4-7(10)8(11)5-9(6)12-2/h4-5,12H,3H2,1-2H3. The number of aryl methyl sites for hydroxylation is 1. The molecule has 0 heterocycles. The zero-order chi connectivity index (χ0) is 9.14. The molecule has 0 spiro atoms. The van der Waals surface area contributed by atoms with E-state index in [4.69, 9.17) is 0 Å². The van der Waals surface area contributed by atoms with Crippen LogP contribution in [0.15, 0.2) is 16.6 Å². The third-order valence-electron chi connectivity index (χ3n) is 1.80. The van der Waals surface area contributed by atoms with Gasteiger partial charge in [-0.3, -0.25) is 0 Å². The number of hydrogen-bond acceptors (Lipinski definition) is 1. The summed E-state index contributed by atoms with van der Waals surface area (Å²) in [6.07, 6.45) is 0.898. The summed E-state index contributed by atoms with van der Waals surface area (Å²) >= 11 is 3.15. The maximum atomic E-state index is 13.0. The molecule has 3 heteroatoms. The normalized spacial score (nSPS) is 10.0. The molecule has 0 aliphatic carbocycles. The largest absolute Gasteiger partial charge is 0.388 e. The van der Waals surface area contributed by atoms with Gasteiger partial charge in [0.05, 0.1) is 4.47 Å². The highest BCUT2D eigenvalue weighted by molar-refractivity contribution is 9.10. The van der Waals surface area contributed by atoms with E-state index in [1.54, 1.807) is 13.1 Å². The highest BCUT2D eigenvalue weighted by Gasteiger charge is 2.04. The maximum absolute atomic E-state index is 13.0. The van der Waals surface area contributed by atoms with Gasteiger partial charge in [0.15, 0.2) is 0 Å². The van der Waals surface area contributed by atoms with Crippen molar-refractivity contribution < 1.29 is 4.39 Å². The fourth-order valence-electron chi connectivity index (χ4n) is 1.11. The van der Waals surface area contributed by atoms with E-state index in [1.807, 2.05) is 6.92 Å². The van der Waals surface area contributed by atoms with Gasteiger partial charge in [0.2, 0.25) is 0 Å². The molecular weight excluding hydrogens is 221 g/mol. The zero-order valence-electron chi connectivity index (χ0n) is 7.12. The fourth-order valence-corrected chi connectivity index (χ4v) is 1.50. The number of halogens is 2. The molecule has 1 aromatic carbocycles. The molecule has 0 aliphatic rings. The molecule has 1 aromatic rings. The van der Waals surface area contributed by atoms with Crippen LogP contribution in [0.25, 0.3) is 0 Å². The first-order valence-corrected chi connectivity index (χ1v) is 4.64. The summed E-state index contributed by atoms with van der Waals surface area (Å²) in [5.41, 5.74) is 1.98. The van der Waals surface area contributed by atoms with Crippen molar-refractivity contribution >= 4 is 21.6 Å². The minimum Gasteiger partial charge on any atom is -0.388 e. The Labute approximate surface area is 80.1 Å². The number of anilines is 1. The molecule has 0 atom stereocenters. The highest BCUT2D eigenvalue weighted by Crippen LogP contribution is 2.24. The minimum atomic E-state index is -0.225. The van der Waals surface area contributed by atoms with Gasteiger partial charge in [-0.25, -0.2) is 4.39 Å². The van der Waals surface area contributed by atoms with Crippen LogP contribution in [0.2, 0.25) is 0 Å². The first-order valence-electron chi connectivity index (χ1n) is 3.84. The van der Waals surface area contributed by atoms with E-state index < -0.39 is 0 Å². The predicted octanol–water partition coefficient (Wildman–Crippen LogP) is 3.19. The van der Waals surface area contributed by atoms with Gasteiger partial charge >= 0.3 is 0 Å². The number of benzene rings is 1. The van der Waals surface area contributed by atoms with Gasteiger partial charge in [0.25, 0.3) is 0 Å². The average Bonchev–Trinajstić information content (AvgIpc) is 2.09. The average molecular weight is 232 g/mol. The van der Waals surface area contributed by atoms with Gasteiger partial charge in [-0.15, -0.1) is 0 Å². The lowest BCUT2D eigenvalue weighted by molar-refractivity contribution is 0.621. The molecule has 1 nitrogen and oxygen atoms in total. The second-order valence-electron chi connectivity index (χ2n) is 2.53. The smallest absolute Gasteiger partial charge is 0.139 e. The SMILES string of the molecule is CCc1cc(Br)c(F)cc1NC. The van der Waals surface area contributed by atoms with E-state index in [1.165, 1.54) is 6.07 Å². The van der Waals surface area contributed by atoms with Crippen molar-refractivity contribution in [2.75, 3.05) is 12.4 Å². The highest BCUT2D eigenvalue weighted by atomic mass is 79.9. The number of hydrogen-bond donors (Lipinski definition) is 1. The van der Waals surface area contributed by atoms with Gasteiger partial charge in [-0.2, -0.15) is 0 Å². The van der Waals surface area contributed by atoms with Crippen LogP contribution in [0.4, 0.5) is 10.1 Å². The predicted molar refractivity (Wildman–Crippen MR) is 53.0 cm³/mol. The van der Waals surface area contributed by atoms with Gasteiger partial charge < -0.3 is 5.32 Å². The lowest BCUT2D eigenvalue weighted by atomic mass is 10.1. The third-order valence-corrected chi connectivity index (χ3v) is 2.40. The van der Waals surface area contributed by atoms with Gasteiger partial charge in [-0.05, 0) is 40.0 Å². The molecule has 0 amide bonds. The molecule has 0 saturated heterocycles. The van der Waals surface area contributed by atoms with Crippen LogP contribution >= 0.6 is 15.9 Å². The maximum Gasteiger partial charge on any atom is 0.139 e. The second kappa shape index (κ2) is 3.90. The third kappa shape index (κ3) is 1.78. The molecule has 0 unspecified atom stereocenters. The van der Waals surface area contributed by atoms with Crippen LogP contribution in [0, 0.1) is 5.82 Å². The molecule has 0 aromatic heterocycles. The summed E-state index contributed by atoms with van der Waals surface area (Å²) in [6, 6.07) is 3.31. The molecule has 1 N–H and O–H groups in total. The monoisotopic (exact) mass is 231 g/mol. The Morgan fingerprint density at radius 3 is 2.67 bits per heavy atom. The van der Waals surface area contributed by atoms with Crippen molar-refractivity contribution in [2.45, 2.75) is 13.3 Å². The number of nitrogens with one attached hydrogen (secondary N) is 1. The van der Waals surface area contributed by atoms with E-state index in [2.05, 4.69) is 21.2 Å². The Balaban J connectivity index is 3.19. The van der Waals surface area contributed by atoms with Crippen LogP contribution in [-0.2, 0) is 6.42 Å². The van der Waals surface area contributed by atoms with Crippen molar-refractivity contribution in [2.24, 2.45) is 0 Å². The van der Waals surface area contributed by atoms with Gasteiger partial charge in [0, 0.05) is 12.7 Å². The van der Waals surface area contributed by atoms with Crippen LogP contribution in [-0.4, -0.2) is 7.05 Å². The Morgan fingerprint density at radius 1 is 1.50 bits per heavy atom. The minimum absolute atomic E-state index is 0.225. The lowest BCUT2D eigenvalue weighted by Crippen LogP contribution is -1.95. The molecule has 0 bridgehead atoms. The summed E-state index contributed by atoms with van der Waals surface area (Å²) in [6.45, 7) is 2.04. The molecule has 0 aliphatic heterocycles. The lowest BCUT2D eigenvalue weighted by Gasteiger charge is -2.07. The van der Waals surface area contributed by atoms with Crippen LogP contribution < -0.4 is 5.32 Å². The first-order chi connectivity index (χ1) is 5.69. The number of rotatable bonds is 2. The van der Waals surface area contributed by atoms with Crippen molar-refractivity contribution in [1.82, 2.24) is 0 Å². The molecule has 0 radical (unpaired) electrons. The van der Waals surface area contributed by atoms with E-state index in [0.29, 0.717) is 4.47 Å². The van der Waals surface area contributed by atoms with E-state index in [0.717, 1.165) is 17.7 Å². The Bertz CT molecular complexity index is 257. The van der Waals surface area contributed by atoms with Crippen molar-refractivity contribution in [1.29, 1.82) is 0 Å². The topological polar surface area (TPSA) is 12.0 Å². The van der Waals surface area contributed by atoms with Crippen LogP contribution in [0.3, 0.4) is 0 Å². The summed E-state index contributed by atoms with van der Waals surface area (Å²) in [4.78, 5) is 0. The van der Waals surface area contributed by atoms with E-state index in [-0.39, 0.29) is 5.82 Å². The van der Waals surface area contributed by atoms with E-state index in [9.17, 15) is 4.39 Å². The Morgan fingerprint density at radius 2 is 2.17 bits per heavy atom. The summed E-state index contributed by atoms with van der Waals surface area (Å²) in [5, 5.41) is 2.95. The fraction of sp³-hybridized carbons (Fsp3) is 0.333. The molecular formula is C9H11BrFN. The van der Waals surface area contributed by atoms with Gasteiger partial charge in [-0.1, -0.05) is 6.92 Å². The molecule has 0 saturated carbocycles. The van der Waals surface area contributed by atoms with Crippen LogP contribution in [0.1, 0.15) is 12.5 Å². The zero-order valence-corrected chi connectivity index (χ0v) is 8.70. The van der Waals surface area contributed by atoms with E-state index >= 15 is 0 Å². The second-order valence-corrected chi connectivity index (χ2v) is 3.38. The summed E-state index contributed by atoms with van der Waals surface area (Å²) in [5.74, 6) is -0.225. The molecule has 0 fully saturated rings. The quantitative estimate of drug-likeness (QED) is 0.825. The van der Waals surface area contributed by atoms with Crippen molar-refractivity contribution in [3.63, 3.8) is 0 Å². The van der Waals surface area contributed by atoms with Crippen LogP contribution in [0.5, 0.6) is 0 Å². The van der Waals surface area contributed by atoms with Crippen molar-refractivity contribution in [3.05, 3.63) is 28.0 Å². The summed E-state index contributed by atoms with van der Waals surface area (Å²) < 4.78 is 13.5. The van der Waals surface area contributed by atoms with Gasteiger partial charge in [0.1, 0.15) is 5.82 Å². The first kappa shape index (κ1) is 9.52. The molecule has 12 heavy (non-hydrogen) atoms.